The van der Waals surface area contributed by atoms with E-state index in [1.807, 2.05) is 218 Å². The normalized spacial score (nSPS) is 20.3. The van der Waals surface area contributed by atoms with Gasteiger partial charge in [-0.3, -0.25) is 9.13 Å². The van der Waals surface area contributed by atoms with Crippen LogP contribution in [0.25, 0.3) is 0 Å². The highest BCUT2D eigenvalue weighted by Gasteiger charge is 2.53. The Morgan fingerprint density at radius 2 is 0.493 bits per heavy atom. The van der Waals surface area contributed by atoms with E-state index in [0.717, 1.165) is 0 Å². The first-order chi connectivity index (χ1) is 32.8. The molecule has 8 aromatic rings. The second-order valence-electron chi connectivity index (χ2n) is 16.4. The summed E-state index contributed by atoms with van der Waals surface area (Å²) in [5.41, 5.74) is 0.342. The lowest BCUT2D eigenvalue weighted by molar-refractivity contribution is -0.0703. The maximum absolute atomic E-state index is 15.1. The first-order valence-electron chi connectivity index (χ1n) is 21.9. The monoisotopic (exact) mass is 928 g/mol. The molecule has 8 aromatic carbocycles. The van der Waals surface area contributed by atoms with Crippen molar-refractivity contribution in [2.24, 2.45) is 5.41 Å². The SMILES string of the molecule is O=P1(C(c2ccc(Oc3ccccc3)cc2)c2ccc(Oc3ccccc3)cc2)OCC2(CO1)COP(=O)(C(c1ccc(Oc3ccccc3)cc1)c1ccc(Oc3ccccc3)cc1)OC2. The predicted octanol–water partition coefficient (Wildman–Crippen LogP) is 15.2. The Labute approximate surface area is 389 Å². The van der Waals surface area contributed by atoms with Gasteiger partial charge < -0.3 is 37.0 Å². The molecule has 336 valence electrons. The summed E-state index contributed by atoms with van der Waals surface area (Å²) < 4.78 is 80.2. The summed E-state index contributed by atoms with van der Waals surface area (Å²) in [4.78, 5) is 0. The predicted molar refractivity (Wildman–Crippen MR) is 257 cm³/mol. The van der Waals surface area contributed by atoms with Crippen LogP contribution in [0.2, 0.25) is 0 Å². The van der Waals surface area contributed by atoms with Crippen molar-refractivity contribution in [1.29, 1.82) is 0 Å². The van der Waals surface area contributed by atoms with E-state index in [2.05, 4.69) is 0 Å². The summed E-state index contributed by atoms with van der Waals surface area (Å²) in [6, 6.07) is 67.7. The van der Waals surface area contributed by atoms with Crippen molar-refractivity contribution in [3.63, 3.8) is 0 Å². The van der Waals surface area contributed by atoms with E-state index in [0.29, 0.717) is 68.2 Å². The Bertz CT molecular complexity index is 2550. The maximum atomic E-state index is 15.1. The largest absolute Gasteiger partial charge is 0.457 e. The summed E-state index contributed by atoms with van der Waals surface area (Å²) >= 11 is 0. The minimum Gasteiger partial charge on any atom is -0.457 e. The third kappa shape index (κ3) is 10.3. The molecule has 2 heterocycles. The molecule has 2 aliphatic heterocycles. The molecule has 0 radical (unpaired) electrons. The topological polar surface area (TPSA) is 108 Å². The van der Waals surface area contributed by atoms with Crippen LogP contribution in [-0.2, 0) is 27.2 Å². The summed E-state index contributed by atoms with van der Waals surface area (Å²) in [5.74, 6) is 5.27. The van der Waals surface area contributed by atoms with Crippen molar-refractivity contribution >= 4 is 15.2 Å². The van der Waals surface area contributed by atoms with Crippen molar-refractivity contribution in [3.8, 4) is 46.0 Å². The molecule has 0 N–H and O–H groups in total. The minimum atomic E-state index is -3.92. The van der Waals surface area contributed by atoms with E-state index < -0.39 is 31.9 Å². The molecule has 10 nitrogen and oxygen atoms in total. The van der Waals surface area contributed by atoms with Crippen molar-refractivity contribution < 1.29 is 46.2 Å². The van der Waals surface area contributed by atoms with Crippen molar-refractivity contribution in [1.82, 2.24) is 0 Å². The van der Waals surface area contributed by atoms with Crippen LogP contribution >= 0.6 is 15.2 Å². The molecule has 10 rings (SSSR count). The van der Waals surface area contributed by atoms with Crippen molar-refractivity contribution in [2.75, 3.05) is 26.4 Å². The van der Waals surface area contributed by atoms with E-state index in [9.17, 15) is 0 Å². The van der Waals surface area contributed by atoms with Gasteiger partial charge in [0.2, 0.25) is 0 Å². The molecule has 0 saturated carbocycles. The lowest BCUT2D eigenvalue weighted by atomic mass is 9.93. The zero-order chi connectivity index (χ0) is 45.5. The first kappa shape index (κ1) is 44.1. The van der Waals surface area contributed by atoms with Gasteiger partial charge in [-0.1, -0.05) is 121 Å². The Kier molecular flexibility index (Phi) is 12.9. The lowest BCUT2D eigenvalue weighted by Gasteiger charge is -2.45. The van der Waals surface area contributed by atoms with Gasteiger partial charge in [0.1, 0.15) is 57.3 Å². The number of hydrogen-bond acceptors (Lipinski definition) is 10. The summed E-state index contributed by atoms with van der Waals surface area (Å²) in [6.07, 6.45) is 0. The van der Waals surface area contributed by atoms with Crippen molar-refractivity contribution in [3.05, 3.63) is 241 Å². The van der Waals surface area contributed by atoms with E-state index in [1.54, 1.807) is 0 Å². The molecule has 0 atom stereocenters. The first-order valence-corrected chi connectivity index (χ1v) is 25.1. The second-order valence-corrected chi connectivity index (χ2v) is 20.6. The zero-order valence-electron chi connectivity index (χ0n) is 36.2. The number of ether oxygens (including phenoxy) is 4. The highest BCUT2D eigenvalue weighted by atomic mass is 31.2. The Morgan fingerprint density at radius 1 is 0.299 bits per heavy atom. The quantitative estimate of drug-likeness (QED) is 0.0978. The molecular formula is C55H46O10P2. The standard InChI is InChI=1S/C55H46O10P2/c56-66(53(41-21-29-49(30-22-41)62-45-13-5-1-6-14-45)42-23-31-50(32-24-42)63-46-15-7-2-8-16-46)58-37-55(38-59-66)39-60-67(57,61-40-55)54(43-25-33-51(34-26-43)64-47-17-9-3-10-18-47)44-27-35-52(36-28-44)65-48-19-11-4-12-20-48/h1-36,53-54H,37-40H2. The summed E-state index contributed by atoms with van der Waals surface area (Å²) in [6.45, 7) is -0.0838. The van der Waals surface area contributed by atoms with Crippen LogP contribution in [0, 0.1) is 5.41 Å². The van der Waals surface area contributed by atoms with Crippen molar-refractivity contribution in [2.45, 2.75) is 11.3 Å². The number of rotatable bonds is 14. The third-order valence-electron chi connectivity index (χ3n) is 11.5. The van der Waals surface area contributed by atoms with Crippen LogP contribution in [0.5, 0.6) is 46.0 Å². The maximum Gasteiger partial charge on any atom is 0.342 e. The van der Waals surface area contributed by atoms with Crippen LogP contribution < -0.4 is 18.9 Å². The van der Waals surface area contributed by atoms with Gasteiger partial charge in [-0.25, -0.2) is 0 Å². The van der Waals surface area contributed by atoms with Gasteiger partial charge in [-0.2, -0.15) is 0 Å². The molecule has 1 spiro atoms. The van der Waals surface area contributed by atoms with Gasteiger partial charge in [-0.15, -0.1) is 0 Å². The van der Waals surface area contributed by atoms with E-state index in [4.69, 9.17) is 37.0 Å². The average Bonchev–Trinajstić information content (AvgIpc) is 3.37. The van der Waals surface area contributed by atoms with Gasteiger partial charge in [0.15, 0.2) is 0 Å². The summed E-state index contributed by atoms with van der Waals surface area (Å²) in [5, 5.41) is 0. The summed E-state index contributed by atoms with van der Waals surface area (Å²) in [7, 11) is -7.83. The Morgan fingerprint density at radius 3 is 0.701 bits per heavy atom. The fourth-order valence-corrected chi connectivity index (χ4v) is 12.7. The fraction of sp³-hybridized carbons (Fsp3) is 0.127. The van der Waals surface area contributed by atoms with Crippen LogP contribution in [0.3, 0.4) is 0 Å². The number of benzene rings is 8. The van der Waals surface area contributed by atoms with Gasteiger partial charge in [0.05, 0.1) is 31.8 Å². The second kappa shape index (κ2) is 19.6. The highest BCUT2D eigenvalue weighted by Crippen LogP contribution is 2.70. The van der Waals surface area contributed by atoms with E-state index in [1.165, 1.54) is 0 Å². The molecule has 0 aromatic heterocycles. The number of para-hydroxylation sites is 4. The van der Waals surface area contributed by atoms with Gasteiger partial charge in [-0.05, 0) is 119 Å². The minimum absolute atomic E-state index is 0.0209. The molecular weight excluding hydrogens is 883 g/mol. The molecule has 2 fully saturated rings. The average molecular weight is 929 g/mol. The molecule has 0 unspecified atom stereocenters. The van der Waals surface area contributed by atoms with Crippen LogP contribution in [0.4, 0.5) is 0 Å². The molecule has 0 aliphatic carbocycles. The van der Waals surface area contributed by atoms with Crippen LogP contribution in [0.15, 0.2) is 218 Å². The molecule has 12 heteroatoms. The Balaban J connectivity index is 0.886. The van der Waals surface area contributed by atoms with E-state index in [-0.39, 0.29) is 26.4 Å². The van der Waals surface area contributed by atoms with E-state index >= 15 is 9.13 Å². The van der Waals surface area contributed by atoms with Gasteiger partial charge in [0.25, 0.3) is 0 Å². The third-order valence-corrected chi connectivity index (χ3v) is 15.9. The molecule has 0 amide bonds. The van der Waals surface area contributed by atoms with Crippen LogP contribution in [-0.4, -0.2) is 26.4 Å². The van der Waals surface area contributed by atoms with Crippen LogP contribution in [0.1, 0.15) is 33.6 Å². The molecule has 67 heavy (non-hydrogen) atoms. The molecule has 2 aliphatic rings. The smallest absolute Gasteiger partial charge is 0.342 e. The highest BCUT2D eigenvalue weighted by molar-refractivity contribution is 7.55. The van der Waals surface area contributed by atoms with Gasteiger partial charge >= 0.3 is 15.2 Å². The van der Waals surface area contributed by atoms with Gasteiger partial charge in [0, 0.05) is 0 Å². The zero-order valence-corrected chi connectivity index (χ0v) is 38.0. The molecule has 2 saturated heterocycles. The molecule has 0 bridgehead atoms. The number of hydrogen-bond donors (Lipinski definition) is 0. The Hall–Kier alpha value is -6.74. The fourth-order valence-electron chi connectivity index (χ4n) is 8.02. The lowest BCUT2D eigenvalue weighted by Crippen LogP contribution is -2.46.